The first-order valence-corrected chi connectivity index (χ1v) is 10.0. The van der Waals surface area contributed by atoms with Crippen molar-refractivity contribution in [2.75, 3.05) is 18.4 Å². The minimum absolute atomic E-state index is 0.261. The van der Waals surface area contributed by atoms with Gasteiger partial charge in [-0.15, -0.1) is 0 Å². The Hall–Kier alpha value is -3.59. The molecule has 31 heavy (non-hydrogen) atoms. The van der Waals surface area contributed by atoms with Crippen molar-refractivity contribution in [1.29, 1.82) is 0 Å². The molecule has 1 unspecified atom stereocenters. The van der Waals surface area contributed by atoms with E-state index >= 15 is 0 Å². The number of nitrogens with one attached hydrogen (secondary N) is 3. The standard InChI is InChI=1S/C22H28N6O3/c1-4-23-21(25-15-22(2,30)17-13-26-28(3)14-17)24-12-16-7-9-18(10-8-16)27-20(29)19-6-5-11-31-19/h5-11,13-14,30H,4,12,15H2,1-3H3,(H,27,29)(H2,23,24,25). The van der Waals surface area contributed by atoms with Gasteiger partial charge in [0.2, 0.25) is 0 Å². The Morgan fingerprint density at radius 2 is 2.03 bits per heavy atom. The van der Waals surface area contributed by atoms with Gasteiger partial charge in [0.1, 0.15) is 5.60 Å². The van der Waals surface area contributed by atoms with E-state index in [1.54, 1.807) is 36.1 Å². The average molecular weight is 425 g/mol. The summed E-state index contributed by atoms with van der Waals surface area (Å²) >= 11 is 0. The summed E-state index contributed by atoms with van der Waals surface area (Å²) in [6.45, 7) is 5.13. The van der Waals surface area contributed by atoms with Gasteiger partial charge in [-0.25, -0.2) is 4.99 Å². The van der Waals surface area contributed by atoms with Crippen molar-refractivity contribution in [3.8, 4) is 0 Å². The average Bonchev–Trinajstić information content (AvgIpc) is 3.43. The molecule has 0 aliphatic heterocycles. The van der Waals surface area contributed by atoms with Crippen LogP contribution in [0.4, 0.5) is 5.69 Å². The quantitative estimate of drug-likeness (QED) is 0.325. The Bertz CT molecular complexity index is 1010. The van der Waals surface area contributed by atoms with Gasteiger partial charge in [-0.05, 0) is 43.7 Å². The molecule has 0 fully saturated rings. The molecule has 9 heteroatoms. The molecule has 2 heterocycles. The molecule has 9 nitrogen and oxygen atoms in total. The van der Waals surface area contributed by atoms with Gasteiger partial charge in [0.25, 0.3) is 5.91 Å². The lowest BCUT2D eigenvalue weighted by molar-refractivity contribution is 0.0616. The molecule has 3 rings (SSSR count). The van der Waals surface area contributed by atoms with Crippen LogP contribution in [0.25, 0.3) is 0 Å². The molecule has 2 aromatic heterocycles. The van der Waals surface area contributed by atoms with Crippen molar-refractivity contribution in [2.24, 2.45) is 12.0 Å². The van der Waals surface area contributed by atoms with Crippen LogP contribution in [-0.4, -0.2) is 39.8 Å². The van der Waals surface area contributed by atoms with Crippen LogP contribution in [0.5, 0.6) is 0 Å². The maximum Gasteiger partial charge on any atom is 0.291 e. The van der Waals surface area contributed by atoms with Crippen LogP contribution in [0.1, 0.15) is 35.5 Å². The monoisotopic (exact) mass is 424 g/mol. The first-order valence-electron chi connectivity index (χ1n) is 10.0. The third-order valence-corrected chi connectivity index (χ3v) is 4.65. The Labute approximate surface area is 181 Å². The fourth-order valence-electron chi connectivity index (χ4n) is 2.86. The van der Waals surface area contributed by atoms with E-state index in [1.807, 2.05) is 38.2 Å². The number of hydrogen-bond acceptors (Lipinski definition) is 5. The SMILES string of the molecule is CCNC(=NCc1ccc(NC(=O)c2ccco2)cc1)NCC(C)(O)c1cnn(C)c1. The summed E-state index contributed by atoms with van der Waals surface area (Å²) in [7, 11) is 1.81. The third-order valence-electron chi connectivity index (χ3n) is 4.65. The summed E-state index contributed by atoms with van der Waals surface area (Å²) < 4.78 is 6.75. The molecule has 0 saturated heterocycles. The maximum absolute atomic E-state index is 12.0. The number of amides is 1. The summed E-state index contributed by atoms with van der Waals surface area (Å²) in [5, 5.41) is 24.0. The van der Waals surface area contributed by atoms with Gasteiger partial charge in [-0.2, -0.15) is 5.10 Å². The largest absolute Gasteiger partial charge is 0.459 e. The number of aryl methyl sites for hydroxylation is 1. The van der Waals surface area contributed by atoms with E-state index in [4.69, 9.17) is 4.42 Å². The van der Waals surface area contributed by atoms with Crippen LogP contribution >= 0.6 is 0 Å². The molecule has 0 bridgehead atoms. The minimum Gasteiger partial charge on any atom is -0.459 e. The molecule has 1 aromatic carbocycles. The fourth-order valence-corrected chi connectivity index (χ4v) is 2.86. The molecule has 164 valence electrons. The van der Waals surface area contributed by atoms with Crippen molar-refractivity contribution in [3.05, 3.63) is 71.9 Å². The Kier molecular flexibility index (Phi) is 7.09. The maximum atomic E-state index is 12.0. The zero-order valence-electron chi connectivity index (χ0n) is 17.9. The smallest absolute Gasteiger partial charge is 0.291 e. The van der Waals surface area contributed by atoms with Crippen LogP contribution in [0.2, 0.25) is 0 Å². The van der Waals surface area contributed by atoms with Crippen molar-refractivity contribution >= 4 is 17.6 Å². The first kappa shape index (κ1) is 22.1. The lowest BCUT2D eigenvalue weighted by Gasteiger charge is -2.23. The number of nitrogens with zero attached hydrogens (tertiary/aromatic N) is 3. The molecule has 4 N–H and O–H groups in total. The van der Waals surface area contributed by atoms with Crippen molar-refractivity contribution < 1.29 is 14.3 Å². The highest BCUT2D eigenvalue weighted by molar-refractivity contribution is 6.02. The number of furan rings is 1. The third kappa shape index (κ3) is 6.19. The number of aliphatic hydroxyl groups is 1. The van der Waals surface area contributed by atoms with Crippen molar-refractivity contribution in [1.82, 2.24) is 20.4 Å². The van der Waals surface area contributed by atoms with Crippen LogP contribution in [0, 0.1) is 0 Å². The van der Waals surface area contributed by atoms with Gasteiger partial charge >= 0.3 is 0 Å². The number of aromatic nitrogens is 2. The van der Waals surface area contributed by atoms with Crippen molar-refractivity contribution in [3.63, 3.8) is 0 Å². The topological polar surface area (TPSA) is 117 Å². The number of guanidine groups is 1. The van der Waals surface area contributed by atoms with Gasteiger partial charge in [0.05, 0.1) is 25.5 Å². The Morgan fingerprint density at radius 3 is 2.65 bits per heavy atom. The summed E-state index contributed by atoms with van der Waals surface area (Å²) in [6, 6.07) is 10.7. The van der Waals surface area contributed by atoms with Crippen LogP contribution in [0.15, 0.2) is 64.5 Å². The van der Waals surface area contributed by atoms with Crippen LogP contribution in [0.3, 0.4) is 0 Å². The van der Waals surface area contributed by atoms with E-state index in [-0.39, 0.29) is 18.2 Å². The molecule has 3 aromatic rings. The number of carbonyl (C=O) groups is 1. The number of benzene rings is 1. The zero-order chi connectivity index (χ0) is 22.3. The lowest BCUT2D eigenvalue weighted by Crippen LogP contribution is -2.44. The fraction of sp³-hybridized carbons (Fsp3) is 0.318. The second-order valence-electron chi connectivity index (χ2n) is 7.35. The molecule has 1 atom stereocenters. The molecule has 0 spiro atoms. The normalized spacial score (nSPS) is 13.5. The zero-order valence-corrected chi connectivity index (χ0v) is 17.9. The second kappa shape index (κ2) is 9.94. The summed E-state index contributed by atoms with van der Waals surface area (Å²) in [6.07, 6.45) is 4.90. The number of hydrogen-bond donors (Lipinski definition) is 4. The predicted octanol–water partition coefficient (Wildman–Crippen LogP) is 2.23. The van der Waals surface area contributed by atoms with Gasteiger partial charge < -0.3 is 25.5 Å². The van der Waals surface area contributed by atoms with Crippen LogP contribution in [-0.2, 0) is 19.2 Å². The molecule has 1 amide bonds. The van der Waals surface area contributed by atoms with Crippen molar-refractivity contribution in [2.45, 2.75) is 26.0 Å². The van der Waals surface area contributed by atoms with Gasteiger partial charge in [-0.1, -0.05) is 12.1 Å². The van der Waals surface area contributed by atoms with Gasteiger partial charge in [0.15, 0.2) is 11.7 Å². The molecular formula is C22H28N6O3. The summed E-state index contributed by atoms with van der Waals surface area (Å²) in [5.41, 5.74) is 1.29. The lowest BCUT2D eigenvalue weighted by atomic mass is 10.00. The summed E-state index contributed by atoms with van der Waals surface area (Å²) in [5.74, 6) is 0.564. The van der Waals surface area contributed by atoms with Gasteiger partial charge in [-0.3, -0.25) is 9.48 Å². The van der Waals surface area contributed by atoms with E-state index in [1.165, 1.54) is 6.26 Å². The molecule has 0 radical (unpaired) electrons. The molecule has 0 saturated carbocycles. The number of carbonyl (C=O) groups excluding carboxylic acids is 1. The van der Waals surface area contributed by atoms with Crippen LogP contribution < -0.4 is 16.0 Å². The van der Waals surface area contributed by atoms with E-state index in [0.717, 1.165) is 11.1 Å². The molecule has 0 aliphatic carbocycles. The van der Waals surface area contributed by atoms with E-state index < -0.39 is 5.60 Å². The highest BCUT2D eigenvalue weighted by atomic mass is 16.3. The van der Waals surface area contributed by atoms with Gasteiger partial charge in [0, 0.05) is 31.0 Å². The van der Waals surface area contributed by atoms with E-state index in [0.29, 0.717) is 24.7 Å². The highest BCUT2D eigenvalue weighted by Gasteiger charge is 2.25. The van der Waals surface area contributed by atoms with E-state index in [9.17, 15) is 9.90 Å². The molecular weight excluding hydrogens is 396 g/mol. The van der Waals surface area contributed by atoms with E-state index in [2.05, 4.69) is 26.0 Å². The predicted molar refractivity (Wildman–Crippen MR) is 119 cm³/mol. The minimum atomic E-state index is -1.09. The molecule has 0 aliphatic rings. The second-order valence-corrected chi connectivity index (χ2v) is 7.35. The Balaban J connectivity index is 1.57. The summed E-state index contributed by atoms with van der Waals surface area (Å²) in [4.78, 5) is 16.6. The number of anilines is 1. The number of aliphatic imine (C=N–C) groups is 1. The first-order chi connectivity index (χ1) is 14.9. The Morgan fingerprint density at radius 1 is 1.26 bits per heavy atom. The highest BCUT2D eigenvalue weighted by Crippen LogP contribution is 2.18. The number of rotatable bonds is 8.